The number of carbonyl (C=O) groups is 3. The number of rotatable bonds is 8. The quantitative estimate of drug-likeness (QED) is 0.577. The van der Waals surface area contributed by atoms with Gasteiger partial charge in [0.25, 0.3) is 0 Å². The van der Waals surface area contributed by atoms with E-state index < -0.39 is 18.1 Å². The highest BCUT2D eigenvalue weighted by atomic mass is 32.2. The number of ether oxygens (including phenoxy) is 1. The zero-order chi connectivity index (χ0) is 24.2. The van der Waals surface area contributed by atoms with Crippen molar-refractivity contribution in [2.24, 2.45) is 0 Å². The lowest BCUT2D eigenvalue weighted by atomic mass is 9.98. The van der Waals surface area contributed by atoms with Crippen molar-refractivity contribution >= 4 is 29.7 Å². The molecule has 8 heteroatoms. The van der Waals surface area contributed by atoms with E-state index in [1.165, 1.54) is 27.8 Å². The standard InChI is InChI=1S/C26H30N2O5S/c1-3-24-28(22(15-34-24)25(30)31)23(29)13-12-16(2)27-26(32)33-14-21-19-10-6-4-8-17(19)18-9-5-7-11-20(18)21/h4-11,16,21-22,24H,3,12-15H2,1-2H3,(H,27,32)(H,30,31). The van der Waals surface area contributed by atoms with Crippen molar-refractivity contribution in [1.29, 1.82) is 0 Å². The number of carbonyl (C=O) groups excluding carboxylic acids is 2. The molecule has 1 aliphatic carbocycles. The summed E-state index contributed by atoms with van der Waals surface area (Å²) in [6, 6.07) is 15.3. The lowest BCUT2D eigenvalue weighted by molar-refractivity contribution is -0.149. The molecule has 2 aliphatic rings. The van der Waals surface area contributed by atoms with Gasteiger partial charge in [0.05, 0.1) is 5.37 Å². The van der Waals surface area contributed by atoms with Crippen LogP contribution in [0.1, 0.15) is 50.2 Å². The highest BCUT2D eigenvalue weighted by molar-refractivity contribution is 8.00. The first-order valence-corrected chi connectivity index (χ1v) is 12.7. The summed E-state index contributed by atoms with van der Waals surface area (Å²) in [4.78, 5) is 38.2. The molecule has 2 N–H and O–H groups in total. The summed E-state index contributed by atoms with van der Waals surface area (Å²) >= 11 is 1.50. The zero-order valence-corrected chi connectivity index (χ0v) is 20.2. The fourth-order valence-corrected chi connectivity index (χ4v) is 6.15. The van der Waals surface area contributed by atoms with Crippen LogP contribution in [0.2, 0.25) is 0 Å². The maximum absolute atomic E-state index is 12.8. The first kappa shape index (κ1) is 24.1. The third-order valence-electron chi connectivity index (χ3n) is 6.51. The number of hydrogen-bond donors (Lipinski definition) is 2. The van der Waals surface area contributed by atoms with Crippen LogP contribution in [0.4, 0.5) is 4.79 Å². The van der Waals surface area contributed by atoms with Gasteiger partial charge in [-0.05, 0) is 42.0 Å². The summed E-state index contributed by atoms with van der Waals surface area (Å²) in [6.07, 6.45) is 0.764. The van der Waals surface area contributed by atoms with Crippen LogP contribution in [0.15, 0.2) is 48.5 Å². The Hall–Kier alpha value is -3.00. The molecule has 0 bridgehead atoms. The molecule has 1 aliphatic heterocycles. The minimum absolute atomic E-state index is 0.0124. The van der Waals surface area contributed by atoms with Gasteiger partial charge >= 0.3 is 12.1 Å². The van der Waals surface area contributed by atoms with Crippen LogP contribution in [0.25, 0.3) is 11.1 Å². The molecule has 3 atom stereocenters. The molecule has 2 aromatic carbocycles. The predicted molar refractivity (Wildman–Crippen MR) is 132 cm³/mol. The number of nitrogens with zero attached hydrogens (tertiary/aromatic N) is 1. The Labute approximate surface area is 203 Å². The highest BCUT2D eigenvalue weighted by Crippen LogP contribution is 2.44. The molecule has 2 aromatic rings. The Kier molecular flexibility index (Phi) is 7.46. The minimum atomic E-state index is -0.971. The molecule has 0 aromatic heterocycles. The molecule has 1 fully saturated rings. The average Bonchev–Trinajstić information content (AvgIpc) is 3.41. The lowest BCUT2D eigenvalue weighted by Gasteiger charge is -2.27. The maximum Gasteiger partial charge on any atom is 0.407 e. The van der Waals surface area contributed by atoms with Crippen LogP contribution in [-0.2, 0) is 14.3 Å². The van der Waals surface area contributed by atoms with Crippen LogP contribution in [0.3, 0.4) is 0 Å². The Balaban J connectivity index is 1.29. The Morgan fingerprint density at radius 3 is 2.32 bits per heavy atom. The van der Waals surface area contributed by atoms with Crippen LogP contribution >= 0.6 is 11.8 Å². The number of thioether (sulfide) groups is 1. The topological polar surface area (TPSA) is 95.9 Å². The number of fused-ring (bicyclic) bond motifs is 3. The summed E-state index contributed by atoms with van der Waals surface area (Å²) in [5.74, 6) is -0.763. The number of carboxylic acids is 1. The zero-order valence-electron chi connectivity index (χ0n) is 19.4. The number of aliphatic carboxylic acids is 1. The summed E-state index contributed by atoms with van der Waals surface area (Å²) in [7, 11) is 0. The Bertz CT molecular complexity index is 1030. The number of nitrogens with one attached hydrogen (secondary N) is 1. The third kappa shape index (κ3) is 4.92. The van der Waals surface area contributed by atoms with Gasteiger partial charge in [0.2, 0.25) is 5.91 Å². The molecule has 180 valence electrons. The Morgan fingerprint density at radius 2 is 1.74 bits per heavy atom. The van der Waals surface area contributed by atoms with Crippen molar-refractivity contribution in [2.75, 3.05) is 12.4 Å². The van der Waals surface area contributed by atoms with Crippen molar-refractivity contribution in [3.8, 4) is 11.1 Å². The third-order valence-corrected chi connectivity index (χ3v) is 7.97. The molecule has 0 saturated carbocycles. The molecule has 0 radical (unpaired) electrons. The molecule has 3 unspecified atom stereocenters. The van der Waals surface area contributed by atoms with Gasteiger partial charge in [-0.2, -0.15) is 0 Å². The number of benzene rings is 2. The largest absolute Gasteiger partial charge is 0.480 e. The average molecular weight is 483 g/mol. The van der Waals surface area contributed by atoms with Gasteiger partial charge in [0.15, 0.2) is 0 Å². The van der Waals surface area contributed by atoms with Gasteiger partial charge in [-0.1, -0.05) is 55.5 Å². The first-order chi connectivity index (χ1) is 16.4. The van der Waals surface area contributed by atoms with E-state index in [2.05, 4.69) is 29.6 Å². The summed E-state index contributed by atoms with van der Waals surface area (Å²) in [5, 5.41) is 12.1. The van der Waals surface area contributed by atoms with E-state index in [9.17, 15) is 19.5 Å². The molecule has 1 saturated heterocycles. The predicted octanol–water partition coefficient (Wildman–Crippen LogP) is 4.46. The monoisotopic (exact) mass is 482 g/mol. The number of amides is 2. The van der Waals surface area contributed by atoms with Crippen molar-refractivity contribution in [3.05, 3.63) is 59.7 Å². The van der Waals surface area contributed by atoms with Crippen molar-refractivity contribution in [2.45, 2.75) is 56.5 Å². The molecule has 7 nitrogen and oxygen atoms in total. The van der Waals surface area contributed by atoms with Crippen LogP contribution < -0.4 is 5.32 Å². The normalized spacial score (nSPS) is 19.9. The molecule has 4 rings (SSSR count). The fraction of sp³-hybridized carbons (Fsp3) is 0.423. The molecule has 34 heavy (non-hydrogen) atoms. The number of carboxylic acid groups (broad SMARTS) is 1. The molecular formula is C26H30N2O5S. The van der Waals surface area contributed by atoms with Crippen LogP contribution in [0.5, 0.6) is 0 Å². The summed E-state index contributed by atoms with van der Waals surface area (Å²) in [5.41, 5.74) is 4.64. The van der Waals surface area contributed by atoms with Gasteiger partial charge in [-0.25, -0.2) is 9.59 Å². The SMILES string of the molecule is CCC1SCC(C(=O)O)N1C(=O)CCC(C)NC(=O)OCC1c2ccccc2-c2ccccc21. The van der Waals surface area contributed by atoms with E-state index in [1.807, 2.05) is 38.1 Å². The molecular weight excluding hydrogens is 452 g/mol. The van der Waals surface area contributed by atoms with E-state index in [4.69, 9.17) is 4.74 Å². The molecule has 2 amide bonds. The summed E-state index contributed by atoms with van der Waals surface area (Å²) in [6.45, 7) is 4.00. The van der Waals surface area contributed by atoms with Gasteiger partial charge in [0, 0.05) is 24.1 Å². The van der Waals surface area contributed by atoms with Gasteiger partial charge in [-0.3, -0.25) is 4.79 Å². The van der Waals surface area contributed by atoms with E-state index in [-0.39, 0.29) is 36.3 Å². The Morgan fingerprint density at radius 1 is 1.12 bits per heavy atom. The van der Waals surface area contributed by atoms with E-state index in [0.29, 0.717) is 18.6 Å². The first-order valence-electron chi connectivity index (χ1n) is 11.7. The second-order valence-electron chi connectivity index (χ2n) is 8.76. The lowest BCUT2D eigenvalue weighted by Crippen LogP contribution is -2.46. The van der Waals surface area contributed by atoms with Crippen molar-refractivity contribution in [1.82, 2.24) is 10.2 Å². The maximum atomic E-state index is 12.8. The summed E-state index contributed by atoms with van der Waals surface area (Å²) < 4.78 is 5.57. The smallest absolute Gasteiger partial charge is 0.407 e. The molecule has 1 heterocycles. The highest BCUT2D eigenvalue weighted by Gasteiger charge is 2.40. The minimum Gasteiger partial charge on any atom is -0.480 e. The molecule has 0 spiro atoms. The van der Waals surface area contributed by atoms with Gasteiger partial charge in [0.1, 0.15) is 12.6 Å². The number of hydrogen-bond acceptors (Lipinski definition) is 5. The van der Waals surface area contributed by atoms with Crippen molar-refractivity contribution < 1.29 is 24.2 Å². The number of alkyl carbamates (subject to hydrolysis) is 1. The van der Waals surface area contributed by atoms with E-state index in [0.717, 1.165) is 11.1 Å². The van der Waals surface area contributed by atoms with Crippen molar-refractivity contribution in [3.63, 3.8) is 0 Å². The van der Waals surface area contributed by atoms with Crippen LogP contribution in [-0.4, -0.2) is 57.8 Å². The second kappa shape index (κ2) is 10.5. The van der Waals surface area contributed by atoms with E-state index >= 15 is 0 Å². The van der Waals surface area contributed by atoms with E-state index in [1.54, 1.807) is 0 Å². The van der Waals surface area contributed by atoms with Crippen LogP contribution in [0, 0.1) is 0 Å². The van der Waals surface area contributed by atoms with Gasteiger partial charge in [-0.15, -0.1) is 11.8 Å². The fourth-order valence-electron chi connectivity index (χ4n) is 4.79. The second-order valence-corrected chi connectivity index (χ2v) is 9.97. The van der Waals surface area contributed by atoms with Gasteiger partial charge < -0.3 is 20.1 Å².